The van der Waals surface area contributed by atoms with Gasteiger partial charge in [0.25, 0.3) is 5.56 Å². The minimum Gasteiger partial charge on any atom is -0.317 e. The Labute approximate surface area is 178 Å². The van der Waals surface area contributed by atoms with Crippen LogP contribution in [0.15, 0.2) is 53.3 Å². The summed E-state index contributed by atoms with van der Waals surface area (Å²) >= 11 is 0. The van der Waals surface area contributed by atoms with Crippen LogP contribution in [0, 0.1) is 6.92 Å². The molecule has 0 radical (unpaired) electrons. The molecule has 1 aliphatic rings. The predicted molar refractivity (Wildman–Crippen MR) is 122 cm³/mol. The number of amides is 2. The molecule has 0 bridgehead atoms. The van der Waals surface area contributed by atoms with E-state index in [0.717, 1.165) is 48.3 Å². The minimum absolute atomic E-state index is 0.165. The molecule has 2 aromatic carbocycles. The number of anilines is 2. The van der Waals surface area contributed by atoms with Gasteiger partial charge in [-0.1, -0.05) is 24.3 Å². The summed E-state index contributed by atoms with van der Waals surface area (Å²) < 4.78 is 1.83. The maximum Gasteiger partial charge on any atom is 0.323 e. The summed E-state index contributed by atoms with van der Waals surface area (Å²) in [6, 6.07) is 14.4. The van der Waals surface area contributed by atoms with Crippen molar-refractivity contribution in [1.29, 1.82) is 0 Å². The molecule has 8 nitrogen and oxygen atoms in total. The number of rotatable bonds is 3. The van der Waals surface area contributed by atoms with E-state index in [2.05, 4.69) is 20.9 Å². The van der Waals surface area contributed by atoms with E-state index in [0.29, 0.717) is 16.9 Å². The summed E-state index contributed by atoms with van der Waals surface area (Å²) in [4.78, 5) is 28.1. The van der Waals surface area contributed by atoms with Crippen molar-refractivity contribution >= 4 is 34.0 Å². The first kappa shape index (κ1) is 19.3. The second kappa shape index (κ2) is 7.88. The molecule has 0 atom stereocenters. The van der Waals surface area contributed by atoms with Gasteiger partial charge in [0.2, 0.25) is 0 Å². The molecular weight excluding hydrogens is 392 g/mol. The molecule has 158 valence electrons. The van der Waals surface area contributed by atoms with Crippen molar-refractivity contribution in [3.63, 3.8) is 0 Å². The predicted octanol–water partition coefficient (Wildman–Crippen LogP) is 3.60. The summed E-state index contributed by atoms with van der Waals surface area (Å²) in [5.74, 6) is 0.265. The largest absolute Gasteiger partial charge is 0.323 e. The lowest BCUT2D eigenvalue weighted by Crippen LogP contribution is -2.28. The van der Waals surface area contributed by atoms with Gasteiger partial charge in [-0.3, -0.25) is 4.79 Å². The lowest BCUT2D eigenvalue weighted by molar-refractivity contribution is 0.262. The Morgan fingerprint density at radius 3 is 2.61 bits per heavy atom. The Hall–Kier alpha value is -3.65. The quantitative estimate of drug-likeness (QED) is 0.410. The zero-order valence-corrected chi connectivity index (χ0v) is 17.2. The standard InChI is InChI=1S/C23H24N6O2/c1-14-5-2-3-6-16(14)25-23(31)26-17-7-4-8-18-21(17)22-27-20(30)13-19(29(22)28-18)15-9-11-24-12-10-15/h2-8,13,15,24H,9-12H2,1H3,(H,27,30)(H2,25,26,31). The number of benzene rings is 2. The zero-order chi connectivity index (χ0) is 21.4. The molecule has 4 N–H and O–H groups in total. The van der Waals surface area contributed by atoms with Gasteiger partial charge in [0.15, 0.2) is 0 Å². The van der Waals surface area contributed by atoms with Crippen LogP contribution >= 0.6 is 0 Å². The molecule has 2 aromatic heterocycles. The number of hydrogen-bond acceptors (Lipinski definition) is 4. The van der Waals surface area contributed by atoms with Crippen LogP contribution in [0.4, 0.5) is 16.2 Å². The highest BCUT2D eigenvalue weighted by Crippen LogP contribution is 2.30. The van der Waals surface area contributed by atoms with Crippen LogP contribution in [0.1, 0.15) is 30.0 Å². The number of nitrogens with zero attached hydrogens (tertiary/aromatic N) is 2. The van der Waals surface area contributed by atoms with Crippen molar-refractivity contribution < 1.29 is 4.79 Å². The highest BCUT2D eigenvalue weighted by Gasteiger charge is 2.22. The minimum atomic E-state index is -0.349. The fraction of sp³-hybridized carbons (Fsp3) is 0.261. The van der Waals surface area contributed by atoms with Crippen LogP contribution in [0.25, 0.3) is 16.6 Å². The van der Waals surface area contributed by atoms with E-state index >= 15 is 0 Å². The van der Waals surface area contributed by atoms with Gasteiger partial charge in [0.1, 0.15) is 5.65 Å². The Morgan fingerprint density at radius 2 is 1.81 bits per heavy atom. The van der Waals surface area contributed by atoms with E-state index in [4.69, 9.17) is 5.10 Å². The Morgan fingerprint density at radius 1 is 1.06 bits per heavy atom. The molecule has 0 saturated carbocycles. The number of aryl methyl sites for hydroxylation is 1. The molecule has 1 fully saturated rings. The van der Waals surface area contributed by atoms with E-state index in [9.17, 15) is 9.59 Å². The summed E-state index contributed by atoms with van der Waals surface area (Å²) in [6.45, 7) is 3.78. The molecule has 31 heavy (non-hydrogen) atoms. The van der Waals surface area contributed by atoms with Crippen LogP contribution in [0.2, 0.25) is 0 Å². The SMILES string of the molecule is Cc1ccccc1NC(=O)Nc1cccc2nn3c(C4CCNCC4)cc(=O)[nH]c3c12. The smallest absolute Gasteiger partial charge is 0.317 e. The molecular formula is C23H24N6O2. The van der Waals surface area contributed by atoms with Crippen molar-refractivity contribution in [3.8, 4) is 0 Å². The van der Waals surface area contributed by atoms with Crippen LogP contribution in [-0.2, 0) is 0 Å². The number of aromatic amines is 1. The highest BCUT2D eigenvalue weighted by molar-refractivity contribution is 6.09. The molecule has 8 heteroatoms. The number of carbonyl (C=O) groups excluding carboxylic acids is 1. The number of para-hydroxylation sites is 1. The topological polar surface area (TPSA) is 103 Å². The van der Waals surface area contributed by atoms with E-state index in [1.807, 2.05) is 53.9 Å². The third-order valence-electron chi connectivity index (χ3n) is 5.86. The summed E-state index contributed by atoms with van der Waals surface area (Å²) in [6.07, 6.45) is 1.91. The number of fused-ring (bicyclic) bond motifs is 3. The number of nitrogens with one attached hydrogen (secondary N) is 4. The molecule has 2 amide bonds. The van der Waals surface area contributed by atoms with Gasteiger partial charge in [-0.2, -0.15) is 5.10 Å². The first-order valence-corrected chi connectivity index (χ1v) is 10.5. The van der Waals surface area contributed by atoms with Crippen LogP contribution in [0.5, 0.6) is 0 Å². The molecule has 0 aliphatic carbocycles. The molecule has 1 saturated heterocycles. The number of urea groups is 1. The molecule has 5 rings (SSSR count). The van der Waals surface area contributed by atoms with Gasteiger partial charge in [-0.05, 0) is 56.6 Å². The zero-order valence-electron chi connectivity index (χ0n) is 17.2. The number of aromatic nitrogens is 3. The summed E-state index contributed by atoms with van der Waals surface area (Å²) in [5, 5.41) is 14.6. The van der Waals surface area contributed by atoms with Gasteiger partial charge in [0, 0.05) is 17.7 Å². The Kier molecular flexibility index (Phi) is 4.91. The monoisotopic (exact) mass is 416 g/mol. The molecule has 1 aliphatic heterocycles. The average molecular weight is 416 g/mol. The van der Waals surface area contributed by atoms with Crippen molar-refractivity contribution in [2.45, 2.75) is 25.7 Å². The van der Waals surface area contributed by atoms with E-state index < -0.39 is 0 Å². The second-order valence-corrected chi connectivity index (χ2v) is 7.94. The number of carbonyl (C=O) groups is 1. The first-order valence-electron chi connectivity index (χ1n) is 10.5. The maximum atomic E-state index is 12.7. The lowest BCUT2D eigenvalue weighted by Gasteiger charge is -2.23. The normalized spacial score (nSPS) is 14.7. The molecule has 0 spiro atoms. The fourth-order valence-corrected chi connectivity index (χ4v) is 4.29. The van der Waals surface area contributed by atoms with Gasteiger partial charge in [-0.15, -0.1) is 0 Å². The molecule has 3 heterocycles. The first-order chi connectivity index (χ1) is 15.1. The number of H-pyrrole nitrogens is 1. The number of hydrogen-bond donors (Lipinski definition) is 4. The van der Waals surface area contributed by atoms with Crippen LogP contribution < -0.4 is 21.5 Å². The third kappa shape index (κ3) is 3.66. The van der Waals surface area contributed by atoms with Crippen LogP contribution in [-0.4, -0.2) is 33.7 Å². The second-order valence-electron chi connectivity index (χ2n) is 7.94. The van der Waals surface area contributed by atoms with Gasteiger partial charge < -0.3 is 20.9 Å². The third-order valence-corrected chi connectivity index (χ3v) is 5.86. The summed E-state index contributed by atoms with van der Waals surface area (Å²) in [5.41, 5.74) is 4.37. The van der Waals surface area contributed by atoms with E-state index in [1.165, 1.54) is 0 Å². The highest BCUT2D eigenvalue weighted by atomic mass is 16.2. The van der Waals surface area contributed by atoms with Crippen LogP contribution in [0.3, 0.4) is 0 Å². The van der Waals surface area contributed by atoms with Crippen molar-refractivity contribution in [3.05, 3.63) is 70.1 Å². The fourth-order valence-electron chi connectivity index (χ4n) is 4.29. The van der Waals surface area contributed by atoms with Crippen molar-refractivity contribution in [2.24, 2.45) is 0 Å². The van der Waals surface area contributed by atoms with Crippen molar-refractivity contribution in [2.75, 3.05) is 23.7 Å². The van der Waals surface area contributed by atoms with Gasteiger partial charge in [0.05, 0.1) is 22.3 Å². The van der Waals surface area contributed by atoms with E-state index in [-0.39, 0.29) is 17.5 Å². The maximum absolute atomic E-state index is 12.7. The number of piperidine rings is 1. The molecule has 0 unspecified atom stereocenters. The van der Waals surface area contributed by atoms with Crippen molar-refractivity contribution in [1.82, 2.24) is 19.9 Å². The van der Waals surface area contributed by atoms with Gasteiger partial charge >= 0.3 is 6.03 Å². The molecule has 4 aromatic rings. The average Bonchev–Trinajstić information content (AvgIpc) is 3.15. The Bertz CT molecular complexity index is 1330. The Balaban J connectivity index is 1.56. The van der Waals surface area contributed by atoms with Gasteiger partial charge in [-0.25, -0.2) is 9.31 Å². The summed E-state index contributed by atoms with van der Waals surface area (Å²) in [7, 11) is 0. The lowest BCUT2D eigenvalue weighted by atomic mass is 9.94. The van der Waals surface area contributed by atoms with E-state index in [1.54, 1.807) is 6.07 Å².